The number of methoxy groups -OCH3 is 1. The fourth-order valence-electron chi connectivity index (χ4n) is 2.06. The van der Waals surface area contributed by atoms with Crippen LogP contribution < -0.4 is 14.8 Å². The van der Waals surface area contributed by atoms with Gasteiger partial charge in [-0.3, -0.25) is 0 Å². The molecule has 0 saturated carbocycles. The summed E-state index contributed by atoms with van der Waals surface area (Å²) in [6.45, 7) is 6.57. The van der Waals surface area contributed by atoms with Crippen molar-refractivity contribution >= 4 is 15.9 Å². The zero-order chi connectivity index (χ0) is 15.1. The molecule has 1 aromatic carbocycles. The van der Waals surface area contributed by atoms with Gasteiger partial charge in [-0.05, 0) is 61.6 Å². The molecule has 4 nitrogen and oxygen atoms in total. The first-order valence-corrected chi connectivity index (χ1v) is 7.64. The second-order valence-corrected chi connectivity index (χ2v) is 5.94. The van der Waals surface area contributed by atoms with E-state index < -0.39 is 0 Å². The molecule has 20 heavy (non-hydrogen) atoms. The van der Waals surface area contributed by atoms with E-state index in [4.69, 9.17) is 9.47 Å². The SMILES string of the molecule is CCOc1c(Br)cc(CNC(C)CN(C)C)cc1OC. The van der Waals surface area contributed by atoms with Crippen molar-refractivity contribution < 1.29 is 9.47 Å². The van der Waals surface area contributed by atoms with E-state index in [-0.39, 0.29) is 0 Å². The highest BCUT2D eigenvalue weighted by Gasteiger charge is 2.12. The monoisotopic (exact) mass is 344 g/mol. The Morgan fingerprint density at radius 1 is 1.35 bits per heavy atom. The molecule has 1 rings (SSSR count). The third-order valence-corrected chi connectivity index (χ3v) is 3.46. The maximum atomic E-state index is 5.59. The fraction of sp³-hybridized carbons (Fsp3) is 0.600. The molecular formula is C15H25BrN2O2. The van der Waals surface area contributed by atoms with Crippen molar-refractivity contribution in [2.45, 2.75) is 26.4 Å². The number of nitrogens with zero attached hydrogens (tertiary/aromatic N) is 1. The number of benzene rings is 1. The molecule has 0 aromatic heterocycles. The van der Waals surface area contributed by atoms with E-state index in [1.165, 1.54) is 5.56 Å². The van der Waals surface area contributed by atoms with Gasteiger partial charge in [0.2, 0.25) is 0 Å². The van der Waals surface area contributed by atoms with Crippen molar-refractivity contribution in [2.24, 2.45) is 0 Å². The molecule has 1 aromatic rings. The van der Waals surface area contributed by atoms with Gasteiger partial charge in [-0.2, -0.15) is 0 Å². The summed E-state index contributed by atoms with van der Waals surface area (Å²) in [5.41, 5.74) is 1.17. The highest BCUT2D eigenvalue weighted by Crippen LogP contribution is 2.36. The van der Waals surface area contributed by atoms with E-state index >= 15 is 0 Å². The molecule has 0 heterocycles. The zero-order valence-corrected chi connectivity index (χ0v) is 14.6. The molecule has 0 radical (unpaired) electrons. The Bertz CT molecular complexity index is 425. The van der Waals surface area contributed by atoms with Crippen LogP contribution in [0.3, 0.4) is 0 Å². The molecule has 0 spiro atoms. The Hall–Kier alpha value is -0.780. The van der Waals surface area contributed by atoms with Gasteiger partial charge >= 0.3 is 0 Å². The van der Waals surface area contributed by atoms with Gasteiger partial charge in [-0.25, -0.2) is 0 Å². The summed E-state index contributed by atoms with van der Waals surface area (Å²) >= 11 is 3.55. The minimum Gasteiger partial charge on any atom is -0.493 e. The molecule has 0 saturated heterocycles. The summed E-state index contributed by atoms with van der Waals surface area (Å²) in [5.74, 6) is 1.53. The van der Waals surface area contributed by atoms with Crippen LogP contribution in [0.5, 0.6) is 11.5 Å². The normalized spacial score (nSPS) is 12.6. The number of halogens is 1. The zero-order valence-electron chi connectivity index (χ0n) is 13.0. The maximum absolute atomic E-state index is 5.59. The molecule has 0 aliphatic rings. The molecule has 1 atom stereocenters. The van der Waals surface area contributed by atoms with Gasteiger partial charge in [-0.15, -0.1) is 0 Å². The maximum Gasteiger partial charge on any atom is 0.175 e. The van der Waals surface area contributed by atoms with E-state index in [1.807, 2.05) is 13.0 Å². The Labute approximate surface area is 130 Å². The topological polar surface area (TPSA) is 33.7 Å². The minimum atomic E-state index is 0.432. The van der Waals surface area contributed by atoms with Crippen molar-refractivity contribution in [1.82, 2.24) is 10.2 Å². The summed E-state index contributed by atoms with van der Waals surface area (Å²) < 4.78 is 11.9. The van der Waals surface area contributed by atoms with Crippen LogP contribution in [-0.4, -0.2) is 45.3 Å². The highest BCUT2D eigenvalue weighted by molar-refractivity contribution is 9.10. The molecule has 0 fully saturated rings. The number of hydrogen-bond acceptors (Lipinski definition) is 4. The van der Waals surface area contributed by atoms with Crippen LogP contribution in [0.25, 0.3) is 0 Å². The van der Waals surface area contributed by atoms with Crippen molar-refractivity contribution in [2.75, 3.05) is 34.4 Å². The van der Waals surface area contributed by atoms with E-state index in [0.29, 0.717) is 12.6 Å². The second kappa shape index (κ2) is 8.49. The van der Waals surface area contributed by atoms with Crippen LogP contribution in [0.15, 0.2) is 16.6 Å². The van der Waals surface area contributed by atoms with Crippen molar-refractivity contribution in [3.8, 4) is 11.5 Å². The third kappa shape index (κ3) is 5.31. The minimum absolute atomic E-state index is 0.432. The van der Waals surface area contributed by atoms with Crippen LogP contribution >= 0.6 is 15.9 Å². The van der Waals surface area contributed by atoms with Crippen LogP contribution in [-0.2, 0) is 6.54 Å². The first-order valence-electron chi connectivity index (χ1n) is 6.85. The van der Waals surface area contributed by atoms with Gasteiger partial charge < -0.3 is 19.7 Å². The average molecular weight is 345 g/mol. The van der Waals surface area contributed by atoms with E-state index in [1.54, 1.807) is 7.11 Å². The van der Waals surface area contributed by atoms with Crippen LogP contribution in [0.4, 0.5) is 0 Å². The number of ether oxygens (including phenoxy) is 2. The molecule has 0 aliphatic heterocycles. The Morgan fingerprint density at radius 3 is 2.60 bits per heavy atom. The lowest BCUT2D eigenvalue weighted by molar-refractivity contribution is 0.308. The standard InChI is InChI=1S/C15H25BrN2O2/c1-6-20-15-13(16)7-12(8-14(15)19-5)9-17-11(2)10-18(3)4/h7-8,11,17H,6,9-10H2,1-5H3. The lowest BCUT2D eigenvalue weighted by Gasteiger charge is -2.19. The van der Waals surface area contributed by atoms with Gasteiger partial charge in [-0.1, -0.05) is 0 Å². The molecule has 1 N–H and O–H groups in total. The largest absolute Gasteiger partial charge is 0.493 e. The van der Waals surface area contributed by atoms with Gasteiger partial charge in [0, 0.05) is 19.1 Å². The smallest absolute Gasteiger partial charge is 0.175 e. The van der Waals surface area contributed by atoms with E-state index in [2.05, 4.69) is 53.2 Å². The van der Waals surface area contributed by atoms with Gasteiger partial charge in [0.05, 0.1) is 18.2 Å². The fourth-order valence-corrected chi connectivity index (χ4v) is 2.67. The van der Waals surface area contributed by atoms with Gasteiger partial charge in [0.25, 0.3) is 0 Å². The van der Waals surface area contributed by atoms with Crippen molar-refractivity contribution in [1.29, 1.82) is 0 Å². The number of nitrogens with one attached hydrogen (secondary N) is 1. The summed E-state index contributed by atoms with van der Waals surface area (Å²) in [6, 6.07) is 4.52. The molecule has 1 unspecified atom stereocenters. The lowest BCUT2D eigenvalue weighted by atomic mass is 10.2. The quantitative estimate of drug-likeness (QED) is 0.786. The highest BCUT2D eigenvalue weighted by atomic mass is 79.9. The van der Waals surface area contributed by atoms with Crippen LogP contribution in [0, 0.1) is 0 Å². The summed E-state index contributed by atoms with van der Waals surface area (Å²) in [5, 5.41) is 3.50. The lowest BCUT2D eigenvalue weighted by Crippen LogP contribution is -2.35. The van der Waals surface area contributed by atoms with Crippen LogP contribution in [0.1, 0.15) is 19.4 Å². The molecular weight excluding hydrogens is 320 g/mol. The predicted molar refractivity (Wildman–Crippen MR) is 86.7 cm³/mol. The molecule has 5 heteroatoms. The summed E-state index contributed by atoms with van der Waals surface area (Å²) in [4.78, 5) is 2.17. The third-order valence-electron chi connectivity index (χ3n) is 2.87. The van der Waals surface area contributed by atoms with E-state index in [9.17, 15) is 0 Å². The molecule has 114 valence electrons. The van der Waals surface area contributed by atoms with Gasteiger partial charge in [0.15, 0.2) is 11.5 Å². The number of likely N-dealkylation sites (N-methyl/N-ethyl adjacent to an activating group) is 1. The molecule has 0 aliphatic carbocycles. The Morgan fingerprint density at radius 2 is 2.05 bits per heavy atom. The second-order valence-electron chi connectivity index (χ2n) is 5.09. The number of hydrogen-bond donors (Lipinski definition) is 1. The Kier molecular flexibility index (Phi) is 7.34. The van der Waals surface area contributed by atoms with Crippen LogP contribution in [0.2, 0.25) is 0 Å². The van der Waals surface area contributed by atoms with Gasteiger partial charge in [0.1, 0.15) is 0 Å². The first-order chi connectivity index (χ1) is 9.47. The molecule has 0 amide bonds. The van der Waals surface area contributed by atoms with Crippen molar-refractivity contribution in [3.63, 3.8) is 0 Å². The average Bonchev–Trinajstić information content (AvgIpc) is 2.38. The Balaban J connectivity index is 2.74. The van der Waals surface area contributed by atoms with E-state index in [0.717, 1.165) is 29.1 Å². The molecule has 0 bridgehead atoms. The first kappa shape index (κ1) is 17.3. The predicted octanol–water partition coefficient (Wildman–Crippen LogP) is 2.90. The summed E-state index contributed by atoms with van der Waals surface area (Å²) in [7, 11) is 5.82. The number of rotatable bonds is 8. The van der Waals surface area contributed by atoms with Crippen molar-refractivity contribution in [3.05, 3.63) is 22.2 Å². The summed E-state index contributed by atoms with van der Waals surface area (Å²) in [6.07, 6.45) is 0.